The topological polar surface area (TPSA) is 69.7 Å². The quantitative estimate of drug-likeness (QED) is 0.775. The molecule has 2 aromatic heterocycles. The minimum absolute atomic E-state index is 0.604. The number of imidazole rings is 1. The Labute approximate surface area is 120 Å². The number of fused-ring (bicyclic) bond motifs is 1. The fraction of sp³-hybridized carbons (Fsp3) is 0.154. The largest absolute Gasteiger partial charge is 0.347 e. The van der Waals surface area contributed by atoms with Gasteiger partial charge in [-0.15, -0.1) is 0 Å². The number of aromatic amines is 1. The number of halogens is 1. The van der Waals surface area contributed by atoms with Gasteiger partial charge in [0.1, 0.15) is 5.52 Å². The number of aromatic nitrogens is 4. The van der Waals surface area contributed by atoms with Gasteiger partial charge in [-0.25, -0.2) is 4.98 Å². The molecule has 0 unspecified atom stereocenters. The Kier molecular flexibility index (Phi) is 3.15. The molecule has 0 aliphatic rings. The normalized spacial score (nSPS) is 10.8. The molecule has 102 valence electrons. The molecule has 0 saturated heterocycles. The van der Waals surface area contributed by atoms with Crippen molar-refractivity contribution < 1.29 is 0 Å². The van der Waals surface area contributed by atoms with Crippen LogP contribution in [0.4, 0.5) is 17.6 Å². The van der Waals surface area contributed by atoms with Crippen LogP contribution in [0.5, 0.6) is 0 Å². The molecule has 2 heterocycles. The zero-order valence-corrected chi connectivity index (χ0v) is 11.8. The summed E-state index contributed by atoms with van der Waals surface area (Å²) >= 11 is 5.95. The first-order chi connectivity index (χ1) is 9.61. The molecule has 2 N–H and O–H groups in total. The number of hydrogen-bond donors (Lipinski definition) is 2. The Balaban J connectivity index is 1.93. The first-order valence-corrected chi connectivity index (χ1v) is 6.42. The molecule has 0 atom stereocenters. The van der Waals surface area contributed by atoms with Crippen LogP contribution in [0.2, 0.25) is 5.02 Å². The van der Waals surface area contributed by atoms with Gasteiger partial charge in [0.2, 0.25) is 11.9 Å². The van der Waals surface area contributed by atoms with Crippen molar-refractivity contribution in [3.05, 3.63) is 35.5 Å². The third-order valence-electron chi connectivity index (χ3n) is 2.71. The molecule has 0 amide bonds. The average Bonchev–Trinajstić information content (AvgIpc) is 2.79. The molecule has 0 saturated carbocycles. The summed E-state index contributed by atoms with van der Waals surface area (Å²) < 4.78 is 0. The van der Waals surface area contributed by atoms with Crippen LogP contribution in [0.25, 0.3) is 11.2 Å². The summed E-state index contributed by atoms with van der Waals surface area (Å²) in [5.41, 5.74) is 2.26. The van der Waals surface area contributed by atoms with Gasteiger partial charge in [0, 0.05) is 24.8 Å². The van der Waals surface area contributed by atoms with Crippen LogP contribution in [0.3, 0.4) is 0 Å². The molecular formula is C13H13ClN6. The van der Waals surface area contributed by atoms with Crippen molar-refractivity contribution in [2.75, 3.05) is 24.3 Å². The van der Waals surface area contributed by atoms with Crippen molar-refractivity contribution in [1.29, 1.82) is 0 Å². The Morgan fingerprint density at radius 1 is 1.25 bits per heavy atom. The van der Waals surface area contributed by atoms with Crippen molar-refractivity contribution in [3.63, 3.8) is 0 Å². The highest BCUT2D eigenvalue weighted by Crippen LogP contribution is 2.20. The second-order valence-electron chi connectivity index (χ2n) is 4.52. The van der Waals surface area contributed by atoms with Gasteiger partial charge < -0.3 is 15.2 Å². The molecule has 7 heteroatoms. The zero-order chi connectivity index (χ0) is 14.1. The smallest absolute Gasteiger partial charge is 0.226 e. The number of hydrogen-bond acceptors (Lipinski definition) is 5. The Bertz CT molecular complexity index is 751. The van der Waals surface area contributed by atoms with Crippen LogP contribution in [-0.4, -0.2) is 34.0 Å². The standard InChI is InChI=1S/C13H13ClN6/c1-20(2)13-15-7-10-11(19-13)18-12(17-10)16-9-5-3-4-8(14)6-9/h3-7H,1-2H3,(H2,15,16,17,18,19). The number of rotatable bonds is 3. The maximum absolute atomic E-state index is 5.95. The van der Waals surface area contributed by atoms with Crippen molar-refractivity contribution in [1.82, 2.24) is 19.9 Å². The lowest BCUT2D eigenvalue weighted by molar-refractivity contribution is 1.01. The van der Waals surface area contributed by atoms with Crippen LogP contribution in [0, 0.1) is 0 Å². The lowest BCUT2D eigenvalue weighted by Crippen LogP contribution is -2.12. The minimum Gasteiger partial charge on any atom is -0.347 e. The van der Waals surface area contributed by atoms with E-state index in [1.54, 1.807) is 6.20 Å². The van der Waals surface area contributed by atoms with E-state index in [0.29, 0.717) is 22.6 Å². The van der Waals surface area contributed by atoms with E-state index in [0.717, 1.165) is 11.2 Å². The molecule has 0 aliphatic carbocycles. The highest BCUT2D eigenvalue weighted by Gasteiger charge is 2.07. The molecule has 0 bridgehead atoms. The van der Waals surface area contributed by atoms with Crippen molar-refractivity contribution >= 4 is 40.3 Å². The lowest BCUT2D eigenvalue weighted by Gasteiger charge is -2.07. The van der Waals surface area contributed by atoms with Gasteiger partial charge in [0.15, 0.2) is 5.65 Å². The summed E-state index contributed by atoms with van der Waals surface area (Å²) in [5, 5.41) is 3.82. The van der Waals surface area contributed by atoms with Gasteiger partial charge in [0.25, 0.3) is 0 Å². The van der Waals surface area contributed by atoms with E-state index >= 15 is 0 Å². The fourth-order valence-electron chi connectivity index (χ4n) is 1.78. The van der Waals surface area contributed by atoms with Gasteiger partial charge >= 0.3 is 0 Å². The van der Waals surface area contributed by atoms with Crippen LogP contribution < -0.4 is 10.2 Å². The third kappa shape index (κ3) is 2.50. The van der Waals surface area contributed by atoms with E-state index in [1.807, 2.05) is 43.3 Å². The highest BCUT2D eigenvalue weighted by molar-refractivity contribution is 6.30. The van der Waals surface area contributed by atoms with Gasteiger partial charge in [-0.2, -0.15) is 9.97 Å². The third-order valence-corrected chi connectivity index (χ3v) is 2.95. The molecule has 0 radical (unpaired) electrons. The SMILES string of the molecule is CN(C)c1ncc2[nH]c(Nc3cccc(Cl)c3)nc2n1. The van der Waals surface area contributed by atoms with Crippen molar-refractivity contribution in [2.24, 2.45) is 0 Å². The second-order valence-corrected chi connectivity index (χ2v) is 4.96. The van der Waals surface area contributed by atoms with Crippen LogP contribution in [0.1, 0.15) is 0 Å². The molecule has 1 aromatic carbocycles. The van der Waals surface area contributed by atoms with E-state index < -0.39 is 0 Å². The number of nitrogens with one attached hydrogen (secondary N) is 2. The first kappa shape index (κ1) is 12.7. The van der Waals surface area contributed by atoms with Crippen molar-refractivity contribution in [2.45, 2.75) is 0 Å². The Morgan fingerprint density at radius 2 is 2.10 bits per heavy atom. The monoisotopic (exact) mass is 288 g/mol. The number of anilines is 3. The molecule has 0 spiro atoms. The molecule has 0 aliphatic heterocycles. The fourth-order valence-corrected chi connectivity index (χ4v) is 1.97. The summed E-state index contributed by atoms with van der Waals surface area (Å²) in [4.78, 5) is 17.9. The van der Waals surface area contributed by atoms with E-state index in [1.165, 1.54) is 0 Å². The number of nitrogens with zero attached hydrogens (tertiary/aromatic N) is 4. The van der Waals surface area contributed by atoms with Gasteiger partial charge in [0.05, 0.1) is 6.20 Å². The van der Waals surface area contributed by atoms with E-state index in [-0.39, 0.29) is 0 Å². The summed E-state index contributed by atoms with van der Waals surface area (Å²) in [6, 6.07) is 7.43. The molecule has 3 aromatic rings. The zero-order valence-electron chi connectivity index (χ0n) is 11.1. The number of benzene rings is 1. The van der Waals surface area contributed by atoms with Crippen LogP contribution in [-0.2, 0) is 0 Å². The van der Waals surface area contributed by atoms with Gasteiger partial charge in [-0.3, -0.25) is 0 Å². The van der Waals surface area contributed by atoms with E-state index in [9.17, 15) is 0 Å². The predicted octanol–water partition coefficient (Wildman–Crippen LogP) is 2.82. The Morgan fingerprint density at radius 3 is 2.85 bits per heavy atom. The lowest BCUT2D eigenvalue weighted by atomic mass is 10.3. The maximum Gasteiger partial charge on any atom is 0.226 e. The summed E-state index contributed by atoms with van der Waals surface area (Å²) in [6.45, 7) is 0. The van der Waals surface area contributed by atoms with Crippen molar-refractivity contribution in [3.8, 4) is 0 Å². The molecule has 0 fully saturated rings. The Hall–Kier alpha value is -2.34. The minimum atomic E-state index is 0.604. The average molecular weight is 289 g/mol. The van der Waals surface area contributed by atoms with E-state index in [2.05, 4.69) is 25.3 Å². The summed E-state index contributed by atoms with van der Waals surface area (Å²) in [6.07, 6.45) is 1.72. The highest BCUT2D eigenvalue weighted by atomic mass is 35.5. The maximum atomic E-state index is 5.95. The molecule has 6 nitrogen and oxygen atoms in total. The van der Waals surface area contributed by atoms with Gasteiger partial charge in [-0.05, 0) is 18.2 Å². The van der Waals surface area contributed by atoms with Gasteiger partial charge in [-0.1, -0.05) is 17.7 Å². The molecule has 20 heavy (non-hydrogen) atoms. The van der Waals surface area contributed by atoms with E-state index in [4.69, 9.17) is 11.6 Å². The molecular weight excluding hydrogens is 276 g/mol. The summed E-state index contributed by atoms with van der Waals surface area (Å²) in [5.74, 6) is 1.23. The van der Waals surface area contributed by atoms with Crippen LogP contribution in [0.15, 0.2) is 30.5 Å². The number of H-pyrrole nitrogens is 1. The molecule has 3 rings (SSSR count). The van der Waals surface area contributed by atoms with Crippen LogP contribution >= 0.6 is 11.6 Å². The second kappa shape index (κ2) is 4.97. The summed E-state index contributed by atoms with van der Waals surface area (Å²) in [7, 11) is 3.78. The predicted molar refractivity (Wildman–Crippen MR) is 80.7 cm³/mol. The first-order valence-electron chi connectivity index (χ1n) is 6.04.